The maximum absolute atomic E-state index is 12.5. The molecule has 0 atom stereocenters. The van der Waals surface area contributed by atoms with Gasteiger partial charge in [-0.3, -0.25) is 14.6 Å². The maximum atomic E-state index is 12.5. The van der Waals surface area contributed by atoms with E-state index in [0.29, 0.717) is 22.0 Å². The number of carbonyl (C=O) groups is 2. The minimum atomic E-state index is -0.563. The Labute approximate surface area is 162 Å². The number of rotatable bonds is 5. The Morgan fingerprint density at radius 2 is 1.70 bits per heavy atom. The SMILES string of the molecule is Cc1sc(NC(=O)c2ccncc2)c(C(N)=O)c1-c1ccc(C(C)C)cc1. The Kier molecular flexibility index (Phi) is 5.37. The minimum Gasteiger partial charge on any atom is -0.365 e. The van der Waals surface area contributed by atoms with Crippen LogP contribution >= 0.6 is 11.3 Å². The highest BCUT2D eigenvalue weighted by Gasteiger charge is 2.23. The molecule has 27 heavy (non-hydrogen) atoms. The van der Waals surface area contributed by atoms with Gasteiger partial charge in [0.25, 0.3) is 11.8 Å². The fraction of sp³-hybridized carbons (Fsp3) is 0.190. The monoisotopic (exact) mass is 379 g/mol. The van der Waals surface area contributed by atoms with Gasteiger partial charge in [-0.2, -0.15) is 0 Å². The molecule has 0 bridgehead atoms. The van der Waals surface area contributed by atoms with Crippen LogP contribution in [0.4, 0.5) is 5.00 Å². The van der Waals surface area contributed by atoms with Crippen molar-refractivity contribution in [1.29, 1.82) is 0 Å². The van der Waals surface area contributed by atoms with E-state index in [4.69, 9.17) is 5.73 Å². The third-order valence-electron chi connectivity index (χ3n) is 4.37. The number of primary amides is 1. The second kappa shape index (κ2) is 7.72. The number of amides is 2. The number of nitrogens with zero attached hydrogens (tertiary/aromatic N) is 1. The predicted octanol–water partition coefficient (Wildman–Crippen LogP) is 4.59. The molecule has 3 rings (SSSR count). The lowest BCUT2D eigenvalue weighted by atomic mass is 9.96. The number of nitrogens with one attached hydrogen (secondary N) is 1. The molecule has 3 N–H and O–H groups in total. The summed E-state index contributed by atoms with van der Waals surface area (Å²) in [5.74, 6) is -0.441. The van der Waals surface area contributed by atoms with Crippen LogP contribution < -0.4 is 11.1 Å². The van der Waals surface area contributed by atoms with Crippen molar-refractivity contribution < 1.29 is 9.59 Å². The average molecular weight is 379 g/mol. The van der Waals surface area contributed by atoms with Gasteiger partial charge in [0, 0.05) is 28.4 Å². The van der Waals surface area contributed by atoms with Gasteiger partial charge in [0.1, 0.15) is 5.00 Å². The van der Waals surface area contributed by atoms with Gasteiger partial charge in [-0.15, -0.1) is 11.3 Å². The van der Waals surface area contributed by atoms with Crippen molar-refractivity contribution in [3.05, 3.63) is 70.4 Å². The molecule has 0 aliphatic carbocycles. The van der Waals surface area contributed by atoms with Gasteiger partial charge in [0.15, 0.2) is 0 Å². The van der Waals surface area contributed by atoms with Crippen LogP contribution in [-0.2, 0) is 0 Å². The minimum absolute atomic E-state index is 0.303. The van der Waals surface area contributed by atoms with E-state index in [1.165, 1.54) is 16.9 Å². The van der Waals surface area contributed by atoms with E-state index >= 15 is 0 Å². The molecule has 138 valence electrons. The summed E-state index contributed by atoms with van der Waals surface area (Å²) in [5.41, 5.74) is 9.38. The van der Waals surface area contributed by atoms with Gasteiger partial charge < -0.3 is 11.1 Å². The first kappa shape index (κ1) is 18.8. The Bertz CT molecular complexity index is 977. The fourth-order valence-electron chi connectivity index (χ4n) is 2.93. The van der Waals surface area contributed by atoms with Crippen LogP contribution in [0.2, 0.25) is 0 Å². The molecular formula is C21H21N3O2S. The van der Waals surface area contributed by atoms with Gasteiger partial charge in [0.05, 0.1) is 5.56 Å². The second-order valence-corrected chi connectivity index (χ2v) is 7.79. The summed E-state index contributed by atoms with van der Waals surface area (Å²) < 4.78 is 0. The molecule has 6 heteroatoms. The quantitative estimate of drug-likeness (QED) is 0.680. The van der Waals surface area contributed by atoms with Crippen LogP contribution in [0, 0.1) is 6.92 Å². The highest BCUT2D eigenvalue weighted by Crippen LogP contribution is 2.40. The van der Waals surface area contributed by atoms with E-state index in [1.54, 1.807) is 24.5 Å². The number of hydrogen-bond donors (Lipinski definition) is 2. The van der Waals surface area contributed by atoms with E-state index in [2.05, 4.69) is 36.3 Å². The molecule has 0 aliphatic heterocycles. The van der Waals surface area contributed by atoms with Gasteiger partial charge >= 0.3 is 0 Å². The zero-order chi connectivity index (χ0) is 19.6. The predicted molar refractivity (Wildman–Crippen MR) is 109 cm³/mol. The van der Waals surface area contributed by atoms with E-state index < -0.39 is 5.91 Å². The van der Waals surface area contributed by atoms with Crippen molar-refractivity contribution in [3.63, 3.8) is 0 Å². The summed E-state index contributed by atoms with van der Waals surface area (Å²) in [7, 11) is 0. The molecule has 2 heterocycles. The summed E-state index contributed by atoms with van der Waals surface area (Å²) in [6.07, 6.45) is 3.09. The lowest BCUT2D eigenvalue weighted by molar-refractivity contribution is 0.100. The standard InChI is InChI=1S/C21H21N3O2S/c1-12(2)14-4-6-15(7-5-14)17-13(3)27-21(18(17)19(22)25)24-20(26)16-8-10-23-11-9-16/h4-12H,1-3H3,(H2,22,25)(H,24,26). The number of aromatic nitrogens is 1. The molecule has 1 aromatic carbocycles. The number of carbonyl (C=O) groups excluding carboxylic acids is 2. The first-order chi connectivity index (χ1) is 12.9. The molecule has 3 aromatic rings. The number of anilines is 1. The van der Waals surface area contributed by atoms with Gasteiger partial charge in [-0.25, -0.2) is 0 Å². The molecule has 2 aromatic heterocycles. The van der Waals surface area contributed by atoms with Crippen molar-refractivity contribution >= 4 is 28.2 Å². The van der Waals surface area contributed by atoms with E-state index in [9.17, 15) is 9.59 Å². The van der Waals surface area contributed by atoms with Gasteiger partial charge in [0.2, 0.25) is 0 Å². The number of benzene rings is 1. The van der Waals surface area contributed by atoms with Crippen molar-refractivity contribution in [2.24, 2.45) is 5.73 Å². The van der Waals surface area contributed by atoms with Crippen LogP contribution in [0.15, 0.2) is 48.8 Å². The molecule has 2 amide bonds. The largest absolute Gasteiger partial charge is 0.365 e. The normalized spacial score (nSPS) is 10.8. The number of aryl methyl sites for hydroxylation is 1. The van der Waals surface area contributed by atoms with Gasteiger partial charge in [-0.1, -0.05) is 38.1 Å². The van der Waals surface area contributed by atoms with Crippen molar-refractivity contribution in [2.45, 2.75) is 26.7 Å². The second-order valence-electron chi connectivity index (χ2n) is 6.57. The van der Waals surface area contributed by atoms with Crippen LogP contribution in [0.3, 0.4) is 0 Å². The zero-order valence-electron chi connectivity index (χ0n) is 15.4. The summed E-state index contributed by atoms with van der Waals surface area (Å²) in [6, 6.07) is 11.3. The summed E-state index contributed by atoms with van der Waals surface area (Å²) in [4.78, 5) is 29.5. The van der Waals surface area contributed by atoms with Crippen molar-refractivity contribution in [2.75, 3.05) is 5.32 Å². The number of hydrogen-bond acceptors (Lipinski definition) is 4. The van der Waals surface area contributed by atoms with E-state index in [1.807, 2.05) is 19.1 Å². The molecular weight excluding hydrogens is 358 g/mol. The third kappa shape index (κ3) is 3.90. The Morgan fingerprint density at radius 3 is 2.26 bits per heavy atom. The first-order valence-electron chi connectivity index (χ1n) is 8.63. The lowest BCUT2D eigenvalue weighted by Crippen LogP contribution is -2.17. The topological polar surface area (TPSA) is 85.1 Å². The van der Waals surface area contributed by atoms with Crippen molar-refractivity contribution in [3.8, 4) is 11.1 Å². The summed E-state index contributed by atoms with van der Waals surface area (Å²) >= 11 is 1.35. The Hall–Kier alpha value is -2.99. The smallest absolute Gasteiger partial charge is 0.256 e. The molecule has 0 radical (unpaired) electrons. The van der Waals surface area contributed by atoms with E-state index in [0.717, 1.165) is 16.0 Å². The Balaban J connectivity index is 2.01. The number of pyridine rings is 1. The van der Waals surface area contributed by atoms with Crippen LogP contribution in [0.25, 0.3) is 11.1 Å². The molecule has 0 saturated carbocycles. The zero-order valence-corrected chi connectivity index (χ0v) is 16.3. The molecule has 0 unspecified atom stereocenters. The molecule has 5 nitrogen and oxygen atoms in total. The summed E-state index contributed by atoms with van der Waals surface area (Å²) in [6.45, 7) is 6.18. The van der Waals surface area contributed by atoms with Crippen LogP contribution in [0.1, 0.15) is 50.9 Å². The fourth-order valence-corrected chi connectivity index (χ4v) is 4.01. The highest BCUT2D eigenvalue weighted by molar-refractivity contribution is 7.17. The van der Waals surface area contributed by atoms with Crippen LogP contribution in [0.5, 0.6) is 0 Å². The number of thiophene rings is 1. The van der Waals surface area contributed by atoms with Gasteiger partial charge in [-0.05, 0) is 36.1 Å². The van der Waals surface area contributed by atoms with Crippen LogP contribution in [-0.4, -0.2) is 16.8 Å². The van der Waals surface area contributed by atoms with E-state index in [-0.39, 0.29) is 5.91 Å². The van der Waals surface area contributed by atoms with Crippen molar-refractivity contribution in [1.82, 2.24) is 4.98 Å². The summed E-state index contributed by atoms with van der Waals surface area (Å²) in [5, 5.41) is 3.28. The third-order valence-corrected chi connectivity index (χ3v) is 5.39. The Morgan fingerprint density at radius 1 is 1.07 bits per heavy atom. The molecule has 0 saturated heterocycles. The molecule has 0 fully saturated rings. The average Bonchev–Trinajstić information content (AvgIpc) is 2.98. The number of nitrogens with two attached hydrogens (primary N) is 1. The highest BCUT2D eigenvalue weighted by atomic mass is 32.1. The maximum Gasteiger partial charge on any atom is 0.256 e. The molecule has 0 aliphatic rings. The first-order valence-corrected chi connectivity index (χ1v) is 9.45. The lowest BCUT2D eigenvalue weighted by Gasteiger charge is -2.09. The molecule has 0 spiro atoms.